The minimum Gasteiger partial charge on any atom is -0.465 e. The van der Waals surface area contributed by atoms with Crippen LogP contribution in [-0.2, 0) is 16.1 Å². The molecule has 10 heteroatoms. The van der Waals surface area contributed by atoms with Gasteiger partial charge in [0, 0.05) is 11.4 Å². The number of aryl methyl sites for hydroxylation is 2. The molecule has 0 aliphatic rings. The second-order valence-electron chi connectivity index (χ2n) is 7.85. The standard InChI is InChI=1S/C25H21FN4O5/c1-14-11-16(26)9-10-19(14)28-20(31)13-29-23(32)21-18(24(33)35-3)12-15(2)27-22(21)30(25(29)34)17-7-5-4-6-8-17/h4-12H,13H2,1-3H3,(H,28,31). The average molecular weight is 476 g/mol. The summed E-state index contributed by atoms with van der Waals surface area (Å²) in [5.74, 6) is -1.93. The van der Waals surface area contributed by atoms with Gasteiger partial charge in [-0.3, -0.25) is 9.59 Å². The Morgan fingerprint density at radius 2 is 1.77 bits per heavy atom. The molecule has 0 bridgehead atoms. The molecule has 9 nitrogen and oxygen atoms in total. The van der Waals surface area contributed by atoms with Crippen LogP contribution in [-0.4, -0.2) is 33.1 Å². The lowest BCUT2D eigenvalue weighted by atomic mass is 10.1. The van der Waals surface area contributed by atoms with E-state index in [9.17, 15) is 23.6 Å². The molecule has 1 N–H and O–H groups in total. The maximum Gasteiger partial charge on any atom is 0.338 e. The molecule has 2 heterocycles. The van der Waals surface area contributed by atoms with Crippen molar-refractivity contribution in [2.75, 3.05) is 12.4 Å². The number of amides is 1. The van der Waals surface area contributed by atoms with Crippen LogP contribution in [0, 0.1) is 19.7 Å². The quantitative estimate of drug-likeness (QED) is 0.444. The number of rotatable bonds is 5. The highest BCUT2D eigenvalue weighted by Gasteiger charge is 2.23. The number of aromatic nitrogens is 3. The molecule has 1 amide bonds. The van der Waals surface area contributed by atoms with E-state index in [-0.39, 0.29) is 16.6 Å². The van der Waals surface area contributed by atoms with E-state index >= 15 is 0 Å². The minimum absolute atomic E-state index is 0.0300. The first-order valence-electron chi connectivity index (χ1n) is 10.6. The average Bonchev–Trinajstić information content (AvgIpc) is 2.83. The van der Waals surface area contributed by atoms with Gasteiger partial charge >= 0.3 is 11.7 Å². The Balaban J connectivity index is 1.94. The van der Waals surface area contributed by atoms with Crippen molar-refractivity contribution >= 4 is 28.6 Å². The number of hydrogen-bond donors (Lipinski definition) is 1. The van der Waals surface area contributed by atoms with Crippen molar-refractivity contribution in [2.24, 2.45) is 0 Å². The summed E-state index contributed by atoms with van der Waals surface area (Å²) in [6, 6.07) is 13.6. The fourth-order valence-corrected chi connectivity index (χ4v) is 3.78. The smallest absolute Gasteiger partial charge is 0.338 e. The minimum atomic E-state index is -0.865. The van der Waals surface area contributed by atoms with Gasteiger partial charge in [0.2, 0.25) is 5.91 Å². The summed E-state index contributed by atoms with van der Waals surface area (Å²) in [6.07, 6.45) is 0. The molecule has 0 atom stereocenters. The molecule has 35 heavy (non-hydrogen) atoms. The fraction of sp³-hybridized carbons (Fsp3) is 0.160. The third-order valence-corrected chi connectivity index (χ3v) is 5.41. The number of methoxy groups -OCH3 is 1. The van der Waals surface area contributed by atoms with Crippen molar-refractivity contribution < 1.29 is 18.7 Å². The first-order chi connectivity index (χ1) is 16.7. The lowest BCUT2D eigenvalue weighted by molar-refractivity contribution is -0.116. The first kappa shape index (κ1) is 23.6. The maximum absolute atomic E-state index is 13.5. The second-order valence-corrected chi connectivity index (χ2v) is 7.85. The van der Waals surface area contributed by atoms with Gasteiger partial charge in [0.25, 0.3) is 5.56 Å². The molecule has 2 aromatic heterocycles. The summed E-state index contributed by atoms with van der Waals surface area (Å²) < 4.78 is 20.1. The van der Waals surface area contributed by atoms with Gasteiger partial charge in [-0.05, 0) is 55.8 Å². The number of hydrogen-bond acceptors (Lipinski definition) is 6. The molecular formula is C25H21FN4O5. The van der Waals surface area contributed by atoms with Gasteiger partial charge in [-0.15, -0.1) is 0 Å². The number of para-hydroxylation sites is 1. The Labute approximate surface area is 198 Å². The third-order valence-electron chi connectivity index (χ3n) is 5.41. The number of nitrogens with zero attached hydrogens (tertiary/aromatic N) is 3. The summed E-state index contributed by atoms with van der Waals surface area (Å²) >= 11 is 0. The van der Waals surface area contributed by atoms with Crippen molar-refractivity contribution in [1.82, 2.24) is 14.1 Å². The van der Waals surface area contributed by atoms with Gasteiger partial charge in [-0.25, -0.2) is 28.1 Å². The molecular weight excluding hydrogens is 455 g/mol. The zero-order valence-corrected chi connectivity index (χ0v) is 19.2. The Bertz CT molecular complexity index is 1590. The van der Waals surface area contributed by atoms with Gasteiger partial charge in [0.15, 0.2) is 5.65 Å². The second kappa shape index (κ2) is 9.34. The molecule has 0 saturated carbocycles. The topological polar surface area (TPSA) is 112 Å². The van der Waals surface area contributed by atoms with Crippen LogP contribution in [0.1, 0.15) is 21.6 Å². The predicted octanol–water partition coefficient (Wildman–Crippen LogP) is 2.73. The summed E-state index contributed by atoms with van der Waals surface area (Å²) in [7, 11) is 1.17. The molecule has 0 aliphatic carbocycles. The van der Waals surface area contributed by atoms with Gasteiger partial charge in [-0.2, -0.15) is 0 Å². The summed E-state index contributed by atoms with van der Waals surface area (Å²) in [4.78, 5) is 56.7. The number of halogens is 1. The lowest BCUT2D eigenvalue weighted by Gasteiger charge is -2.16. The number of ether oxygens (including phenoxy) is 1. The van der Waals surface area contributed by atoms with E-state index in [1.54, 1.807) is 44.2 Å². The van der Waals surface area contributed by atoms with Gasteiger partial charge in [0.1, 0.15) is 12.4 Å². The largest absolute Gasteiger partial charge is 0.465 e. The van der Waals surface area contributed by atoms with Gasteiger partial charge in [-0.1, -0.05) is 18.2 Å². The fourth-order valence-electron chi connectivity index (χ4n) is 3.78. The normalized spacial score (nSPS) is 10.9. The van der Waals surface area contributed by atoms with Crippen molar-refractivity contribution in [3.05, 3.63) is 98.1 Å². The van der Waals surface area contributed by atoms with Crippen molar-refractivity contribution in [3.63, 3.8) is 0 Å². The van der Waals surface area contributed by atoms with E-state index in [2.05, 4.69) is 10.3 Å². The van der Waals surface area contributed by atoms with Crippen molar-refractivity contribution in [2.45, 2.75) is 20.4 Å². The van der Waals surface area contributed by atoms with Crippen LogP contribution < -0.4 is 16.6 Å². The Kier molecular flexibility index (Phi) is 6.28. The molecule has 2 aromatic carbocycles. The number of carbonyl (C=O) groups excluding carboxylic acids is 2. The molecule has 0 fully saturated rings. The lowest BCUT2D eigenvalue weighted by Crippen LogP contribution is -2.43. The maximum atomic E-state index is 13.5. The van der Waals surface area contributed by atoms with E-state index in [4.69, 9.17) is 4.74 Å². The van der Waals surface area contributed by atoms with Crippen molar-refractivity contribution in [1.29, 1.82) is 0 Å². The number of anilines is 1. The molecule has 0 unspecified atom stereocenters. The number of nitrogens with one attached hydrogen (secondary N) is 1. The molecule has 4 aromatic rings. The van der Waals surface area contributed by atoms with Crippen molar-refractivity contribution in [3.8, 4) is 5.69 Å². The van der Waals surface area contributed by atoms with Crippen LogP contribution >= 0.6 is 0 Å². The van der Waals surface area contributed by atoms with E-state index < -0.39 is 35.5 Å². The molecule has 4 rings (SSSR count). The molecule has 178 valence electrons. The number of carbonyl (C=O) groups is 2. The predicted molar refractivity (Wildman–Crippen MR) is 127 cm³/mol. The molecule has 0 spiro atoms. The zero-order chi connectivity index (χ0) is 25.3. The highest BCUT2D eigenvalue weighted by Crippen LogP contribution is 2.19. The van der Waals surface area contributed by atoms with E-state index in [1.165, 1.54) is 35.9 Å². The summed E-state index contributed by atoms with van der Waals surface area (Å²) in [6.45, 7) is 2.58. The first-order valence-corrected chi connectivity index (χ1v) is 10.6. The van der Waals surface area contributed by atoms with Crippen LogP contribution in [0.2, 0.25) is 0 Å². The van der Waals surface area contributed by atoms with Gasteiger partial charge in [0.05, 0.1) is 23.7 Å². The highest BCUT2D eigenvalue weighted by molar-refractivity contribution is 6.02. The van der Waals surface area contributed by atoms with Crippen LogP contribution in [0.5, 0.6) is 0 Å². The monoisotopic (exact) mass is 476 g/mol. The summed E-state index contributed by atoms with van der Waals surface area (Å²) in [5.41, 5.74) is -0.196. The molecule has 0 saturated heterocycles. The number of benzene rings is 2. The SMILES string of the molecule is COC(=O)c1cc(C)nc2c1c(=O)n(CC(=O)Nc1ccc(F)cc1C)c(=O)n2-c1ccccc1. The Morgan fingerprint density at radius 3 is 2.43 bits per heavy atom. The zero-order valence-electron chi connectivity index (χ0n) is 19.2. The Morgan fingerprint density at radius 1 is 1.06 bits per heavy atom. The molecule has 0 radical (unpaired) electrons. The Hall–Kier alpha value is -4.60. The van der Waals surface area contributed by atoms with Gasteiger partial charge < -0.3 is 10.1 Å². The van der Waals surface area contributed by atoms with Crippen LogP contribution in [0.3, 0.4) is 0 Å². The highest BCUT2D eigenvalue weighted by atomic mass is 19.1. The molecule has 0 aliphatic heterocycles. The van der Waals surface area contributed by atoms with E-state index in [0.717, 1.165) is 4.57 Å². The van der Waals surface area contributed by atoms with Crippen LogP contribution in [0.4, 0.5) is 10.1 Å². The third kappa shape index (κ3) is 4.45. The summed E-state index contributed by atoms with van der Waals surface area (Å²) in [5, 5.41) is 2.43. The van der Waals surface area contributed by atoms with E-state index in [0.29, 0.717) is 22.6 Å². The number of esters is 1. The number of pyridine rings is 1. The van der Waals surface area contributed by atoms with Crippen LogP contribution in [0.25, 0.3) is 16.7 Å². The number of fused-ring (bicyclic) bond motifs is 1. The van der Waals surface area contributed by atoms with E-state index in [1.807, 2.05) is 0 Å². The van der Waals surface area contributed by atoms with Crippen LogP contribution in [0.15, 0.2) is 64.2 Å².